The molecular formula is C15H16N6O2S. The molecule has 3 N–H and O–H groups in total. The van der Waals surface area contributed by atoms with Gasteiger partial charge >= 0.3 is 0 Å². The average molecular weight is 344 g/mol. The first-order valence-corrected chi connectivity index (χ1v) is 8.72. The maximum Gasteiger partial charge on any atom is 0.241 e. The summed E-state index contributed by atoms with van der Waals surface area (Å²) in [5.41, 5.74) is 1.52. The average Bonchev–Trinajstić information content (AvgIpc) is 3.05. The zero-order valence-electron chi connectivity index (χ0n) is 12.9. The van der Waals surface area contributed by atoms with Crippen molar-refractivity contribution >= 4 is 15.8 Å². The van der Waals surface area contributed by atoms with Crippen molar-refractivity contribution in [1.29, 1.82) is 0 Å². The highest BCUT2D eigenvalue weighted by Gasteiger charge is 2.18. The molecule has 0 saturated heterocycles. The van der Waals surface area contributed by atoms with Gasteiger partial charge in [0.1, 0.15) is 16.4 Å². The molecule has 1 unspecified atom stereocenters. The van der Waals surface area contributed by atoms with Crippen LogP contribution in [-0.2, 0) is 10.0 Å². The van der Waals surface area contributed by atoms with Gasteiger partial charge in [0.2, 0.25) is 10.0 Å². The van der Waals surface area contributed by atoms with Crippen LogP contribution in [0.2, 0.25) is 0 Å². The topological polar surface area (TPSA) is 116 Å². The fourth-order valence-corrected chi connectivity index (χ4v) is 2.84. The highest BCUT2D eigenvalue weighted by molar-refractivity contribution is 7.89. The van der Waals surface area contributed by atoms with Crippen LogP contribution in [0.5, 0.6) is 0 Å². The van der Waals surface area contributed by atoms with Crippen molar-refractivity contribution < 1.29 is 8.42 Å². The SMILES string of the molecule is CC(Nc1ncccc1S(N)(=O)=O)c1cn(-c2ccccc2)nn1. The van der Waals surface area contributed by atoms with Gasteiger partial charge in [-0.25, -0.2) is 23.2 Å². The predicted octanol–water partition coefficient (Wildman–Crippen LogP) is 1.48. The minimum atomic E-state index is -3.87. The summed E-state index contributed by atoms with van der Waals surface area (Å²) >= 11 is 0. The van der Waals surface area contributed by atoms with Crippen molar-refractivity contribution in [2.75, 3.05) is 5.32 Å². The number of para-hydroxylation sites is 1. The van der Waals surface area contributed by atoms with Gasteiger partial charge in [0.25, 0.3) is 0 Å². The zero-order chi connectivity index (χ0) is 17.2. The van der Waals surface area contributed by atoms with E-state index in [1.54, 1.807) is 10.9 Å². The molecule has 124 valence electrons. The second-order valence-corrected chi connectivity index (χ2v) is 6.71. The van der Waals surface area contributed by atoms with Crippen LogP contribution >= 0.6 is 0 Å². The van der Waals surface area contributed by atoms with Gasteiger partial charge in [-0.15, -0.1) is 5.10 Å². The molecule has 0 saturated carbocycles. The van der Waals surface area contributed by atoms with Gasteiger partial charge in [-0.3, -0.25) is 0 Å². The third-order valence-electron chi connectivity index (χ3n) is 3.41. The molecule has 24 heavy (non-hydrogen) atoms. The second-order valence-electron chi connectivity index (χ2n) is 5.18. The number of aromatic nitrogens is 4. The Bertz CT molecular complexity index is 939. The van der Waals surface area contributed by atoms with E-state index in [4.69, 9.17) is 5.14 Å². The summed E-state index contributed by atoms with van der Waals surface area (Å²) in [5, 5.41) is 16.4. The summed E-state index contributed by atoms with van der Waals surface area (Å²) in [6.07, 6.45) is 3.26. The van der Waals surface area contributed by atoms with Crippen LogP contribution in [0.4, 0.5) is 5.82 Å². The van der Waals surface area contributed by atoms with E-state index in [0.29, 0.717) is 5.69 Å². The van der Waals surface area contributed by atoms with Crippen molar-refractivity contribution in [3.05, 3.63) is 60.6 Å². The van der Waals surface area contributed by atoms with Crippen LogP contribution in [-0.4, -0.2) is 28.4 Å². The van der Waals surface area contributed by atoms with Crippen molar-refractivity contribution in [1.82, 2.24) is 20.0 Å². The number of nitrogens with zero attached hydrogens (tertiary/aromatic N) is 4. The molecule has 8 nitrogen and oxygen atoms in total. The number of primary sulfonamides is 1. The van der Waals surface area contributed by atoms with E-state index in [1.807, 2.05) is 37.3 Å². The number of hydrogen-bond acceptors (Lipinski definition) is 6. The second kappa shape index (κ2) is 6.38. The normalized spacial score (nSPS) is 12.8. The zero-order valence-corrected chi connectivity index (χ0v) is 13.7. The molecule has 0 spiro atoms. The van der Waals surface area contributed by atoms with Crippen LogP contribution in [0.25, 0.3) is 5.69 Å². The van der Waals surface area contributed by atoms with E-state index in [-0.39, 0.29) is 16.8 Å². The molecule has 9 heteroatoms. The third-order valence-corrected chi connectivity index (χ3v) is 4.35. The van der Waals surface area contributed by atoms with Gasteiger partial charge in [0, 0.05) is 6.20 Å². The number of rotatable bonds is 5. The minimum Gasteiger partial charge on any atom is -0.361 e. The molecule has 2 heterocycles. The summed E-state index contributed by atoms with van der Waals surface area (Å²) in [6.45, 7) is 1.83. The maximum absolute atomic E-state index is 11.6. The lowest BCUT2D eigenvalue weighted by Gasteiger charge is -2.13. The molecule has 0 fully saturated rings. The van der Waals surface area contributed by atoms with Gasteiger partial charge in [-0.2, -0.15) is 0 Å². The molecule has 3 rings (SSSR count). The van der Waals surface area contributed by atoms with Crippen LogP contribution in [0, 0.1) is 0 Å². The van der Waals surface area contributed by atoms with E-state index in [1.165, 1.54) is 18.3 Å². The number of benzene rings is 1. The Kier molecular flexibility index (Phi) is 4.28. The monoisotopic (exact) mass is 344 g/mol. The lowest BCUT2D eigenvalue weighted by Crippen LogP contribution is -2.17. The number of hydrogen-bond donors (Lipinski definition) is 2. The van der Waals surface area contributed by atoms with Gasteiger partial charge in [-0.1, -0.05) is 23.4 Å². The summed E-state index contributed by atoms with van der Waals surface area (Å²) in [7, 11) is -3.87. The Morgan fingerprint density at radius 3 is 2.62 bits per heavy atom. The Labute approximate surface area is 139 Å². The molecule has 0 aliphatic heterocycles. The minimum absolute atomic E-state index is 0.0627. The van der Waals surface area contributed by atoms with E-state index >= 15 is 0 Å². The summed E-state index contributed by atoms with van der Waals surface area (Å²) in [6, 6.07) is 12.2. The molecule has 0 bridgehead atoms. The predicted molar refractivity (Wildman–Crippen MR) is 89.0 cm³/mol. The standard InChI is InChI=1S/C15H16N6O2S/c1-11(18-15-14(24(16,22)23)8-5-9-17-15)13-10-21(20-19-13)12-6-3-2-4-7-12/h2-11H,1H3,(H,17,18)(H2,16,22,23). The molecule has 0 radical (unpaired) electrons. The maximum atomic E-state index is 11.6. The molecular weight excluding hydrogens is 328 g/mol. The first-order valence-electron chi connectivity index (χ1n) is 7.17. The Balaban J connectivity index is 1.84. The first-order chi connectivity index (χ1) is 11.4. The van der Waals surface area contributed by atoms with E-state index in [9.17, 15) is 8.42 Å². The number of nitrogens with two attached hydrogens (primary N) is 1. The highest BCUT2D eigenvalue weighted by atomic mass is 32.2. The number of pyridine rings is 1. The molecule has 0 aliphatic carbocycles. The van der Waals surface area contributed by atoms with E-state index in [2.05, 4.69) is 20.6 Å². The van der Waals surface area contributed by atoms with Crippen LogP contribution in [0.3, 0.4) is 0 Å². The lowest BCUT2D eigenvalue weighted by molar-refractivity contribution is 0.597. The fraction of sp³-hybridized carbons (Fsp3) is 0.133. The highest BCUT2D eigenvalue weighted by Crippen LogP contribution is 2.22. The summed E-state index contributed by atoms with van der Waals surface area (Å²) in [4.78, 5) is 3.99. The van der Waals surface area contributed by atoms with Crippen molar-refractivity contribution in [2.45, 2.75) is 17.9 Å². The van der Waals surface area contributed by atoms with Gasteiger partial charge in [-0.05, 0) is 31.2 Å². The Hall–Kier alpha value is -2.78. The van der Waals surface area contributed by atoms with Crippen LogP contribution in [0.15, 0.2) is 59.8 Å². The first kappa shape index (κ1) is 16.1. The molecule has 3 aromatic rings. The van der Waals surface area contributed by atoms with Crippen LogP contribution < -0.4 is 10.5 Å². The van der Waals surface area contributed by atoms with Crippen molar-refractivity contribution in [3.63, 3.8) is 0 Å². The Morgan fingerprint density at radius 1 is 1.17 bits per heavy atom. The lowest BCUT2D eigenvalue weighted by atomic mass is 10.2. The molecule has 1 atom stereocenters. The van der Waals surface area contributed by atoms with E-state index in [0.717, 1.165) is 5.69 Å². The smallest absolute Gasteiger partial charge is 0.241 e. The molecule has 1 aromatic carbocycles. The van der Waals surface area contributed by atoms with Crippen molar-refractivity contribution in [2.24, 2.45) is 5.14 Å². The number of nitrogens with one attached hydrogen (secondary N) is 1. The molecule has 2 aromatic heterocycles. The number of anilines is 1. The largest absolute Gasteiger partial charge is 0.361 e. The summed E-state index contributed by atoms with van der Waals surface area (Å²) < 4.78 is 24.9. The molecule has 0 aliphatic rings. The van der Waals surface area contributed by atoms with Gasteiger partial charge < -0.3 is 5.32 Å². The van der Waals surface area contributed by atoms with E-state index < -0.39 is 10.0 Å². The Morgan fingerprint density at radius 2 is 1.92 bits per heavy atom. The third kappa shape index (κ3) is 3.42. The number of sulfonamides is 1. The van der Waals surface area contributed by atoms with Gasteiger partial charge in [0.05, 0.1) is 17.9 Å². The molecule has 0 amide bonds. The van der Waals surface area contributed by atoms with Gasteiger partial charge in [0.15, 0.2) is 0 Å². The van der Waals surface area contributed by atoms with Crippen molar-refractivity contribution in [3.8, 4) is 5.69 Å². The quantitative estimate of drug-likeness (QED) is 0.724. The fourth-order valence-electron chi connectivity index (χ4n) is 2.19. The summed E-state index contributed by atoms with van der Waals surface area (Å²) in [5.74, 6) is 0.182. The van der Waals surface area contributed by atoms with Crippen LogP contribution in [0.1, 0.15) is 18.7 Å².